The van der Waals surface area contributed by atoms with Gasteiger partial charge in [-0.25, -0.2) is 9.97 Å². The molecule has 0 unspecified atom stereocenters. The Balaban J connectivity index is 1.31. The molecule has 26 heavy (non-hydrogen) atoms. The van der Waals surface area contributed by atoms with Gasteiger partial charge in [0.25, 0.3) is 0 Å². The van der Waals surface area contributed by atoms with Crippen molar-refractivity contribution in [1.29, 1.82) is 0 Å². The summed E-state index contributed by atoms with van der Waals surface area (Å²) in [6.07, 6.45) is 6.74. The van der Waals surface area contributed by atoms with Gasteiger partial charge in [0.15, 0.2) is 11.1 Å². The van der Waals surface area contributed by atoms with Gasteiger partial charge in [0.2, 0.25) is 0 Å². The van der Waals surface area contributed by atoms with Gasteiger partial charge >= 0.3 is 0 Å². The topological polar surface area (TPSA) is 75.1 Å². The van der Waals surface area contributed by atoms with E-state index >= 15 is 0 Å². The van der Waals surface area contributed by atoms with E-state index in [1.54, 1.807) is 11.3 Å². The van der Waals surface area contributed by atoms with E-state index in [2.05, 4.69) is 48.3 Å². The Labute approximate surface area is 156 Å². The van der Waals surface area contributed by atoms with Gasteiger partial charge in [0.05, 0.1) is 5.69 Å². The zero-order valence-corrected chi connectivity index (χ0v) is 15.7. The number of hydrogen-bond donors (Lipinski definition) is 1. The normalized spacial score (nSPS) is 15.8. The van der Waals surface area contributed by atoms with E-state index in [1.807, 2.05) is 23.8 Å². The number of thiazole rings is 1. The maximum Gasteiger partial charge on any atom is 0.191 e. The fourth-order valence-corrected chi connectivity index (χ4v) is 3.91. The highest BCUT2D eigenvalue weighted by molar-refractivity contribution is 7.13. The van der Waals surface area contributed by atoms with Crippen molar-refractivity contribution in [3.8, 4) is 0 Å². The van der Waals surface area contributed by atoms with Gasteiger partial charge in [0, 0.05) is 63.1 Å². The monoisotopic (exact) mass is 369 g/mol. The van der Waals surface area contributed by atoms with Crippen molar-refractivity contribution < 1.29 is 0 Å². The van der Waals surface area contributed by atoms with Crippen LogP contribution in [0.25, 0.3) is 5.65 Å². The molecule has 1 aliphatic rings. The molecule has 3 aromatic rings. The number of piperazine rings is 1. The van der Waals surface area contributed by atoms with Crippen LogP contribution < -0.4 is 10.6 Å². The van der Waals surface area contributed by atoms with Gasteiger partial charge in [-0.2, -0.15) is 0 Å². The molecule has 1 saturated heterocycles. The lowest BCUT2D eigenvalue weighted by atomic mass is 10.3. The van der Waals surface area contributed by atoms with E-state index in [0.717, 1.165) is 49.1 Å². The molecule has 8 heteroatoms. The molecule has 4 rings (SSSR count). The third kappa shape index (κ3) is 3.50. The average Bonchev–Trinajstić information content (AvgIpc) is 3.32. The first-order valence-corrected chi connectivity index (χ1v) is 9.71. The number of aryl methyl sites for hydroxylation is 1. The first kappa shape index (κ1) is 16.8. The van der Waals surface area contributed by atoms with Gasteiger partial charge in [-0.3, -0.25) is 4.99 Å². The van der Waals surface area contributed by atoms with Gasteiger partial charge in [-0.1, -0.05) is 6.07 Å². The molecule has 4 heterocycles. The van der Waals surface area contributed by atoms with Crippen molar-refractivity contribution in [2.24, 2.45) is 10.7 Å². The van der Waals surface area contributed by atoms with Gasteiger partial charge in [-0.05, 0) is 18.6 Å². The summed E-state index contributed by atoms with van der Waals surface area (Å²) < 4.78 is 2.07. The van der Waals surface area contributed by atoms with Crippen molar-refractivity contribution in [1.82, 2.24) is 19.3 Å². The first-order valence-electron chi connectivity index (χ1n) is 8.83. The number of nitrogens with zero attached hydrogens (tertiary/aromatic N) is 6. The first-order chi connectivity index (χ1) is 12.7. The van der Waals surface area contributed by atoms with Crippen LogP contribution in [-0.4, -0.2) is 58.0 Å². The van der Waals surface area contributed by atoms with Crippen LogP contribution in [0.3, 0.4) is 0 Å². The largest absolute Gasteiger partial charge is 0.370 e. The number of nitrogens with two attached hydrogens (primary N) is 1. The Bertz CT molecular complexity index is 892. The molecule has 3 aromatic heterocycles. The Kier molecular flexibility index (Phi) is 4.75. The van der Waals surface area contributed by atoms with Crippen LogP contribution in [0.4, 0.5) is 5.13 Å². The van der Waals surface area contributed by atoms with Gasteiger partial charge in [-0.15, -0.1) is 11.3 Å². The molecule has 0 saturated carbocycles. The van der Waals surface area contributed by atoms with Crippen molar-refractivity contribution in [2.45, 2.75) is 13.3 Å². The van der Waals surface area contributed by atoms with Gasteiger partial charge < -0.3 is 19.9 Å². The molecule has 0 aliphatic carbocycles. The fraction of sp³-hybridized carbons (Fsp3) is 0.389. The minimum Gasteiger partial charge on any atom is -0.370 e. The van der Waals surface area contributed by atoms with E-state index in [1.165, 1.54) is 5.56 Å². The minimum atomic E-state index is 0.628. The van der Waals surface area contributed by atoms with Crippen molar-refractivity contribution in [3.63, 3.8) is 0 Å². The number of pyridine rings is 1. The molecule has 0 bridgehead atoms. The number of imidazole rings is 1. The number of guanidine groups is 1. The van der Waals surface area contributed by atoms with Crippen LogP contribution in [0.1, 0.15) is 11.3 Å². The second-order valence-corrected chi connectivity index (χ2v) is 7.31. The molecule has 1 fully saturated rings. The lowest BCUT2D eigenvalue weighted by Crippen LogP contribution is -2.51. The number of fused-ring (bicyclic) bond motifs is 1. The maximum absolute atomic E-state index is 6.19. The van der Waals surface area contributed by atoms with Gasteiger partial charge in [0.1, 0.15) is 5.65 Å². The smallest absolute Gasteiger partial charge is 0.191 e. The molecule has 2 N–H and O–H groups in total. The summed E-state index contributed by atoms with van der Waals surface area (Å²) >= 11 is 1.68. The molecule has 0 atom stereocenters. The number of rotatable bonds is 4. The maximum atomic E-state index is 6.19. The summed E-state index contributed by atoms with van der Waals surface area (Å²) in [5, 5.41) is 3.10. The Morgan fingerprint density at radius 1 is 1.31 bits per heavy atom. The molecular weight excluding hydrogens is 346 g/mol. The predicted octanol–water partition coefficient (Wildman–Crippen LogP) is 1.78. The standard InChI is InChI=1S/C18H23N7S/c1-14-3-2-7-25-13-15(22-16(14)25)4-5-20-17(19)23-8-10-24(11-9-23)18-21-6-12-26-18/h2-3,6-7,12-13H,4-5,8-11H2,1H3,(H2,19,20). The lowest BCUT2D eigenvalue weighted by Gasteiger charge is -2.35. The van der Waals surface area contributed by atoms with E-state index in [4.69, 9.17) is 5.73 Å². The number of hydrogen-bond acceptors (Lipinski definition) is 5. The highest BCUT2D eigenvalue weighted by Crippen LogP contribution is 2.18. The fourth-order valence-electron chi connectivity index (χ4n) is 3.21. The molecule has 1 aliphatic heterocycles. The zero-order valence-electron chi connectivity index (χ0n) is 14.9. The third-order valence-electron chi connectivity index (χ3n) is 4.66. The van der Waals surface area contributed by atoms with Crippen LogP contribution in [0.15, 0.2) is 41.1 Å². The number of anilines is 1. The van der Waals surface area contributed by atoms with E-state index in [0.29, 0.717) is 12.5 Å². The van der Waals surface area contributed by atoms with Crippen molar-refractivity contribution in [3.05, 3.63) is 47.4 Å². The highest BCUT2D eigenvalue weighted by Gasteiger charge is 2.19. The molecular formula is C18H23N7S. The summed E-state index contributed by atoms with van der Waals surface area (Å²) in [7, 11) is 0. The Morgan fingerprint density at radius 3 is 2.88 bits per heavy atom. The zero-order chi connectivity index (χ0) is 17.9. The molecule has 7 nitrogen and oxygen atoms in total. The number of aliphatic imine (C=N–C) groups is 1. The van der Waals surface area contributed by atoms with Crippen LogP contribution >= 0.6 is 11.3 Å². The third-order valence-corrected chi connectivity index (χ3v) is 5.50. The summed E-state index contributed by atoms with van der Waals surface area (Å²) in [4.78, 5) is 18.1. The van der Waals surface area contributed by atoms with E-state index in [-0.39, 0.29) is 0 Å². The summed E-state index contributed by atoms with van der Waals surface area (Å²) in [6.45, 7) is 6.34. The van der Waals surface area contributed by atoms with Crippen LogP contribution in [0.2, 0.25) is 0 Å². The molecule has 0 amide bonds. The summed E-state index contributed by atoms with van der Waals surface area (Å²) in [5.74, 6) is 0.628. The molecule has 136 valence electrons. The van der Waals surface area contributed by atoms with Crippen LogP contribution in [0, 0.1) is 6.92 Å². The predicted molar refractivity (Wildman–Crippen MR) is 106 cm³/mol. The second-order valence-electron chi connectivity index (χ2n) is 6.43. The highest BCUT2D eigenvalue weighted by atomic mass is 32.1. The Hall–Kier alpha value is -2.61. The number of aromatic nitrogens is 3. The van der Waals surface area contributed by atoms with Crippen LogP contribution in [0.5, 0.6) is 0 Å². The molecule has 0 spiro atoms. The van der Waals surface area contributed by atoms with E-state index < -0.39 is 0 Å². The second kappa shape index (κ2) is 7.33. The lowest BCUT2D eigenvalue weighted by molar-refractivity contribution is 0.380. The molecule has 0 aromatic carbocycles. The summed E-state index contributed by atoms with van der Waals surface area (Å²) in [5.41, 5.74) is 9.43. The minimum absolute atomic E-state index is 0.628. The molecule has 0 radical (unpaired) electrons. The average molecular weight is 369 g/mol. The Morgan fingerprint density at radius 2 is 2.15 bits per heavy atom. The van der Waals surface area contributed by atoms with Crippen molar-refractivity contribution in [2.75, 3.05) is 37.6 Å². The SMILES string of the molecule is Cc1cccn2cc(CCN=C(N)N3CCN(c4nccs4)CC3)nc12. The van der Waals surface area contributed by atoms with Crippen molar-refractivity contribution >= 4 is 28.1 Å². The summed E-state index contributed by atoms with van der Waals surface area (Å²) in [6, 6.07) is 4.11. The van der Waals surface area contributed by atoms with Crippen LogP contribution in [-0.2, 0) is 6.42 Å². The van der Waals surface area contributed by atoms with E-state index in [9.17, 15) is 0 Å². The quantitative estimate of drug-likeness (QED) is 0.560.